The summed E-state index contributed by atoms with van der Waals surface area (Å²) >= 11 is 0. The molecule has 1 atom stereocenters. The molecule has 1 aliphatic heterocycles. The van der Waals surface area contributed by atoms with Crippen molar-refractivity contribution in [3.63, 3.8) is 0 Å². The zero-order valence-electron chi connectivity index (χ0n) is 14.8. The fourth-order valence-corrected chi connectivity index (χ4v) is 3.74. The Balaban J connectivity index is 1.46. The fourth-order valence-electron chi connectivity index (χ4n) is 3.74. The van der Waals surface area contributed by atoms with Crippen LogP contribution in [0.5, 0.6) is 0 Å². The van der Waals surface area contributed by atoms with Crippen molar-refractivity contribution in [1.82, 2.24) is 4.90 Å². The van der Waals surface area contributed by atoms with E-state index in [1.54, 1.807) is 0 Å². The molecule has 0 spiro atoms. The van der Waals surface area contributed by atoms with E-state index in [0.717, 1.165) is 12.8 Å². The number of carbonyl (C=O) groups is 1. The van der Waals surface area contributed by atoms with Crippen LogP contribution in [0.25, 0.3) is 11.1 Å². The number of amides is 1. The molecule has 1 heterocycles. The first kappa shape index (κ1) is 16.6. The van der Waals surface area contributed by atoms with E-state index in [1.807, 2.05) is 24.3 Å². The molecular formula is C24H23NO. The van der Waals surface area contributed by atoms with Gasteiger partial charge in [0.05, 0.1) is 0 Å². The minimum absolute atomic E-state index is 0.278. The summed E-state index contributed by atoms with van der Waals surface area (Å²) in [6, 6.07) is 29.8. The Hall–Kier alpha value is -2.87. The molecule has 2 heteroatoms. The van der Waals surface area contributed by atoms with Crippen LogP contribution in [0.3, 0.4) is 0 Å². The van der Waals surface area contributed by atoms with Gasteiger partial charge in [0.1, 0.15) is 0 Å². The Labute approximate surface area is 155 Å². The van der Waals surface area contributed by atoms with Crippen molar-refractivity contribution < 1.29 is 4.79 Å². The largest absolute Gasteiger partial charge is 0.335 e. The van der Waals surface area contributed by atoms with Crippen LogP contribution in [0, 0.1) is 0 Å². The van der Waals surface area contributed by atoms with Gasteiger partial charge >= 0.3 is 0 Å². The van der Waals surface area contributed by atoms with E-state index in [2.05, 4.69) is 65.6 Å². The van der Waals surface area contributed by atoms with Gasteiger partial charge in [0.2, 0.25) is 5.91 Å². The van der Waals surface area contributed by atoms with Crippen molar-refractivity contribution in [3.05, 3.63) is 96.1 Å². The van der Waals surface area contributed by atoms with Crippen molar-refractivity contribution in [2.75, 3.05) is 0 Å². The SMILES string of the molecule is O=C1CCC(Cc2ccc(-c3ccccc3)cc2)N1Cc1ccccc1. The average Bonchev–Trinajstić information content (AvgIpc) is 3.03. The molecular weight excluding hydrogens is 318 g/mol. The van der Waals surface area contributed by atoms with E-state index in [1.165, 1.54) is 22.3 Å². The second-order valence-electron chi connectivity index (χ2n) is 6.97. The molecule has 1 aliphatic rings. The van der Waals surface area contributed by atoms with E-state index in [4.69, 9.17) is 0 Å². The monoisotopic (exact) mass is 341 g/mol. The fraction of sp³-hybridized carbons (Fsp3) is 0.208. The summed E-state index contributed by atoms with van der Waals surface area (Å²) in [6.45, 7) is 0.715. The molecule has 0 radical (unpaired) electrons. The van der Waals surface area contributed by atoms with Crippen molar-refractivity contribution in [2.45, 2.75) is 31.8 Å². The molecule has 0 bridgehead atoms. The zero-order chi connectivity index (χ0) is 17.8. The predicted octanol–water partition coefficient (Wildman–Crippen LogP) is 5.09. The third-order valence-electron chi connectivity index (χ3n) is 5.18. The maximum Gasteiger partial charge on any atom is 0.223 e. The molecule has 2 nitrogen and oxygen atoms in total. The number of rotatable bonds is 5. The smallest absolute Gasteiger partial charge is 0.223 e. The summed E-state index contributed by atoms with van der Waals surface area (Å²) in [5.41, 5.74) is 4.97. The summed E-state index contributed by atoms with van der Waals surface area (Å²) in [6.07, 6.45) is 2.54. The maximum absolute atomic E-state index is 12.3. The number of hydrogen-bond acceptors (Lipinski definition) is 1. The lowest BCUT2D eigenvalue weighted by molar-refractivity contribution is -0.129. The first-order chi connectivity index (χ1) is 12.8. The zero-order valence-corrected chi connectivity index (χ0v) is 14.8. The van der Waals surface area contributed by atoms with E-state index < -0.39 is 0 Å². The van der Waals surface area contributed by atoms with E-state index in [-0.39, 0.29) is 5.91 Å². The molecule has 4 rings (SSSR count). The Morgan fingerprint density at radius 3 is 2.04 bits per heavy atom. The molecule has 0 N–H and O–H groups in total. The number of likely N-dealkylation sites (tertiary alicyclic amines) is 1. The quantitative estimate of drug-likeness (QED) is 0.633. The van der Waals surface area contributed by atoms with Crippen LogP contribution in [-0.2, 0) is 17.8 Å². The highest BCUT2D eigenvalue weighted by Gasteiger charge is 2.30. The lowest BCUT2D eigenvalue weighted by atomic mass is 9.99. The molecule has 1 fully saturated rings. The van der Waals surface area contributed by atoms with Crippen LogP contribution in [0.15, 0.2) is 84.9 Å². The Morgan fingerprint density at radius 2 is 1.35 bits per heavy atom. The Kier molecular flexibility index (Phi) is 4.83. The van der Waals surface area contributed by atoms with Gasteiger partial charge in [-0.2, -0.15) is 0 Å². The molecule has 3 aromatic carbocycles. The van der Waals surface area contributed by atoms with Gasteiger partial charge in [-0.15, -0.1) is 0 Å². The highest BCUT2D eigenvalue weighted by molar-refractivity contribution is 5.78. The molecule has 130 valence electrons. The number of hydrogen-bond donors (Lipinski definition) is 0. The lowest BCUT2D eigenvalue weighted by Crippen LogP contribution is -2.33. The molecule has 26 heavy (non-hydrogen) atoms. The number of carbonyl (C=O) groups excluding carboxylic acids is 1. The van der Waals surface area contributed by atoms with Crippen molar-refractivity contribution in [2.24, 2.45) is 0 Å². The molecule has 1 amide bonds. The van der Waals surface area contributed by atoms with Crippen LogP contribution in [0.1, 0.15) is 24.0 Å². The normalized spacial score (nSPS) is 16.8. The maximum atomic E-state index is 12.3. The van der Waals surface area contributed by atoms with Crippen LogP contribution in [0.2, 0.25) is 0 Å². The van der Waals surface area contributed by atoms with Crippen molar-refractivity contribution in [3.8, 4) is 11.1 Å². The molecule has 1 saturated heterocycles. The summed E-state index contributed by atoms with van der Waals surface area (Å²) in [4.78, 5) is 14.4. The Morgan fingerprint density at radius 1 is 0.731 bits per heavy atom. The van der Waals surface area contributed by atoms with Crippen LogP contribution in [0.4, 0.5) is 0 Å². The van der Waals surface area contributed by atoms with Crippen LogP contribution in [-0.4, -0.2) is 16.8 Å². The third kappa shape index (κ3) is 3.70. The third-order valence-corrected chi connectivity index (χ3v) is 5.18. The summed E-state index contributed by atoms with van der Waals surface area (Å²) in [7, 11) is 0. The standard InChI is InChI=1S/C24H23NO/c26-24-16-15-23(25(24)18-20-7-3-1-4-8-20)17-19-11-13-22(14-12-19)21-9-5-2-6-10-21/h1-14,23H,15-18H2. The van der Waals surface area contributed by atoms with Gasteiger partial charge < -0.3 is 4.90 Å². The Bertz CT molecular complexity index is 856. The van der Waals surface area contributed by atoms with Gasteiger partial charge in [-0.25, -0.2) is 0 Å². The van der Waals surface area contributed by atoms with Crippen LogP contribution >= 0.6 is 0 Å². The second kappa shape index (κ2) is 7.57. The minimum Gasteiger partial charge on any atom is -0.335 e. The second-order valence-corrected chi connectivity index (χ2v) is 6.97. The summed E-state index contributed by atoms with van der Waals surface area (Å²) < 4.78 is 0. The van der Waals surface area contributed by atoms with E-state index in [9.17, 15) is 4.79 Å². The first-order valence-electron chi connectivity index (χ1n) is 9.27. The summed E-state index contributed by atoms with van der Waals surface area (Å²) in [5.74, 6) is 0.278. The average molecular weight is 341 g/mol. The topological polar surface area (TPSA) is 20.3 Å². The highest BCUT2D eigenvalue weighted by atomic mass is 16.2. The molecule has 1 unspecified atom stereocenters. The van der Waals surface area contributed by atoms with E-state index >= 15 is 0 Å². The van der Waals surface area contributed by atoms with Gasteiger partial charge in [-0.1, -0.05) is 84.9 Å². The van der Waals surface area contributed by atoms with Gasteiger partial charge in [0, 0.05) is 19.0 Å². The van der Waals surface area contributed by atoms with Crippen molar-refractivity contribution >= 4 is 5.91 Å². The molecule has 0 saturated carbocycles. The molecule has 3 aromatic rings. The molecule has 0 aliphatic carbocycles. The number of benzene rings is 3. The van der Waals surface area contributed by atoms with Crippen molar-refractivity contribution in [1.29, 1.82) is 0 Å². The van der Waals surface area contributed by atoms with E-state index in [0.29, 0.717) is 19.0 Å². The van der Waals surface area contributed by atoms with Gasteiger partial charge in [0.15, 0.2) is 0 Å². The first-order valence-corrected chi connectivity index (χ1v) is 9.27. The van der Waals surface area contributed by atoms with Crippen LogP contribution < -0.4 is 0 Å². The highest BCUT2D eigenvalue weighted by Crippen LogP contribution is 2.26. The minimum atomic E-state index is 0.278. The predicted molar refractivity (Wildman–Crippen MR) is 106 cm³/mol. The lowest BCUT2D eigenvalue weighted by Gasteiger charge is -2.25. The number of nitrogens with zero attached hydrogens (tertiary/aromatic N) is 1. The van der Waals surface area contributed by atoms with Gasteiger partial charge in [-0.05, 0) is 35.1 Å². The van der Waals surface area contributed by atoms with Gasteiger partial charge in [0.25, 0.3) is 0 Å². The summed E-state index contributed by atoms with van der Waals surface area (Å²) in [5, 5.41) is 0. The molecule has 0 aromatic heterocycles. The van der Waals surface area contributed by atoms with Gasteiger partial charge in [-0.3, -0.25) is 4.79 Å².